The van der Waals surface area contributed by atoms with Crippen molar-refractivity contribution in [3.8, 4) is 0 Å². The number of hydrogen-bond donors (Lipinski definition) is 2. The van der Waals surface area contributed by atoms with Crippen LogP contribution in [0, 0.1) is 0 Å². The van der Waals surface area contributed by atoms with E-state index in [0.29, 0.717) is 25.3 Å². The smallest absolute Gasteiger partial charge is 0.279 e. The average molecular weight is 405 g/mol. The summed E-state index contributed by atoms with van der Waals surface area (Å²) in [5.74, 6) is -0.134. The van der Waals surface area contributed by atoms with Gasteiger partial charge in [0.2, 0.25) is 10.0 Å². The van der Waals surface area contributed by atoms with Gasteiger partial charge in [0.05, 0.1) is 11.4 Å². The Kier molecular flexibility index (Phi) is 8.17. The second-order valence-electron chi connectivity index (χ2n) is 6.61. The van der Waals surface area contributed by atoms with Crippen LogP contribution in [-0.2, 0) is 21.4 Å². The molecule has 0 radical (unpaired) electrons. The van der Waals surface area contributed by atoms with Gasteiger partial charge in [-0.15, -0.1) is 0 Å². The predicted octanol–water partition coefficient (Wildman–Crippen LogP) is 1.76. The Bertz CT molecular complexity index is 865. The highest BCUT2D eigenvalue weighted by Crippen LogP contribution is 2.19. The molecule has 2 N–H and O–H groups in total. The first-order valence-corrected chi connectivity index (χ1v) is 11.1. The second kappa shape index (κ2) is 10.4. The largest absolute Gasteiger partial charge is 0.324 e. The highest BCUT2D eigenvalue weighted by Gasteiger charge is 2.22. The number of likely N-dealkylation sites (N-methyl/N-ethyl adjacent to an activating group) is 1. The van der Waals surface area contributed by atoms with E-state index in [1.165, 1.54) is 15.9 Å². The van der Waals surface area contributed by atoms with Gasteiger partial charge in [-0.1, -0.05) is 50.2 Å². The average Bonchev–Trinajstić information content (AvgIpc) is 2.69. The molecule has 152 valence electrons. The van der Waals surface area contributed by atoms with Gasteiger partial charge >= 0.3 is 0 Å². The monoisotopic (exact) mass is 404 g/mol. The minimum absolute atomic E-state index is 0.134. The van der Waals surface area contributed by atoms with Gasteiger partial charge in [0.15, 0.2) is 6.54 Å². The van der Waals surface area contributed by atoms with Crippen molar-refractivity contribution in [3.05, 3.63) is 60.2 Å². The normalized spacial score (nSPS) is 12.7. The molecular formula is C21H30N3O3S+. The molecule has 1 amide bonds. The number of carbonyl (C=O) groups is 1. The van der Waals surface area contributed by atoms with Crippen LogP contribution in [-0.4, -0.2) is 44.8 Å². The number of nitrogens with one attached hydrogen (secondary N) is 2. The van der Waals surface area contributed by atoms with Crippen LogP contribution in [0.5, 0.6) is 0 Å². The minimum Gasteiger partial charge on any atom is -0.324 e. The number of amides is 1. The molecule has 1 unspecified atom stereocenters. The fraction of sp³-hybridized carbons (Fsp3) is 0.381. The molecule has 2 aromatic carbocycles. The van der Waals surface area contributed by atoms with Crippen molar-refractivity contribution in [1.29, 1.82) is 0 Å². The Morgan fingerprint density at radius 3 is 2.29 bits per heavy atom. The lowest BCUT2D eigenvalue weighted by Gasteiger charge is -2.19. The Labute approximate surface area is 168 Å². The molecule has 2 rings (SSSR count). The summed E-state index contributed by atoms with van der Waals surface area (Å²) in [5.41, 5.74) is 1.67. The maximum Gasteiger partial charge on any atom is 0.279 e. The van der Waals surface area contributed by atoms with Gasteiger partial charge in [0.25, 0.3) is 5.91 Å². The summed E-state index contributed by atoms with van der Waals surface area (Å²) in [4.78, 5) is 13.8. The SMILES string of the molecule is CCN(CC)S(=O)(=O)c1cccc(NC(=O)C[NH+](CC)Cc2ccccc2)c1. The van der Waals surface area contributed by atoms with Crippen molar-refractivity contribution in [3.63, 3.8) is 0 Å². The number of rotatable bonds is 10. The fourth-order valence-corrected chi connectivity index (χ4v) is 4.58. The summed E-state index contributed by atoms with van der Waals surface area (Å²) in [7, 11) is -3.55. The molecule has 0 aliphatic rings. The Hall–Kier alpha value is -2.22. The van der Waals surface area contributed by atoms with Gasteiger partial charge < -0.3 is 10.2 Å². The second-order valence-corrected chi connectivity index (χ2v) is 8.55. The molecule has 0 fully saturated rings. The summed E-state index contributed by atoms with van der Waals surface area (Å²) < 4.78 is 26.7. The molecule has 0 aliphatic carbocycles. The molecule has 7 heteroatoms. The highest BCUT2D eigenvalue weighted by atomic mass is 32.2. The topological polar surface area (TPSA) is 70.9 Å². The molecule has 0 spiro atoms. The zero-order chi connectivity index (χ0) is 20.6. The third-order valence-electron chi connectivity index (χ3n) is 4.67. The van der Waals surface area contributed by atoms with Gasteiger partial charge in [0.1, 0.15) is 6.54 Å². The van der Waals surface area contributed by atoms with Crippen LogP contribution < -0.4 is 10.2 Å². The van der Waals surface area contributed by atoms with E-state index in [4.69, 9.17) is 0 Å². The molecule has 0 saturated carbocycles. The van der Waals surface area contributed by atoms with Crippen molar-refractivity contribution < 1.29 is 18.1 Å². The van der Waals surface area contributed by atoms with Crippen LogP contribution in [0.2, 0.25) is 0 Å². The Morgan fingerprint density at radius 2 is 1.68 bits per heavy atom. The number of anilines is 1. The summed E-state index contributed by atoms with van der Waals surface area (Å²) in [6.07, 6.45) is 0. The van der Waals surface area contributed by atoms with Crippen LogP contribution >= 0.6 is 0 Å². The van der Waals surface area contributed by atoms with Crippen LogP contribution in [0.3, 0.4) is 0 Å². The lowest BCUT2D eigenvalue weighted by atomic mass is 10.2. The quantitative estimate of drug-likeness (QED) is 0.634. The first-order valence-electron chi connectivity index (χ1n) is 9.68. The van der Waals surface area contributed by atoms with Gasteiger partial charge in [-0.2, -0.15) is 4.31 Å². The zero-order valence-corrected chi connectivity index (χ0v) is 17.6. The standard InChI is InChI=1S/C21H29N3O3S/c1-4-23(16-18-11-8-7-9-12-18)17-21(25)22-19-13-10-14-20(15-19)28(26,27)24(5-2)6-3/h7-15H,4-6,16-17H2,1-3H3,(H,22,25)/p+1. The highest BCUT2D eigenvalue weighted by molar-refractivity contribution is 7.89. The van der Waals surface area contributed by atoms with E-state index < -0.39 is 10.0 Å². The van der Waals surface area contributed by atoms with Gasteiger partial charge in [-0.05, 0) is 25.1 Å². The fourth-order valence-electron chi connectivity index (χ4n) is 3.08. The number of nitrogens with zero attached hydrogens (tertiary/aromatic N) is 1. The lowest BCUT2D eigenvalue weighted by molar-refractivity contribution is -0.903. The van der Waals surface area contributed by atoms with Crippen LogP contribution in [0.25, 0.3) is 0 Å². The maximum atomic E-state index is 12.7. The van der Waals surface area contributed by atoms with E-state index in [1.807, 2.05) is 39.0 Å². The van der Waals surface area contributed by atoms with E-state index in [-0.39, 0.29) is 10.8 Å². The maximum absolute atomic E-state index is 12.7. The predicted molar refractivity (Wildman–Crippen MR) is 112 cm³/mol. The van der Waals surface area contributed by atoms with E-state index in [2.05, 4.69) is 17.4 Å². The number of benzene rings is 2. The van der Waals surface area contributed by atoms with Crippen molar-refractivity contribution in [1.82, 2.24) is 4.31 Å². The molecule has 28 heavy (non-hydrogen) atoms. The summed E-state index contributed by atoms with van der Waals surface area (Å²) in [6, 6.07) is 16.5. The third kappa shape index (κ3) is 5.89. The summed E-state index contributed by atoms with van der Waals surface area (Å²) in [5, 5.41) is 2.84. The Morgan fingerprint density at radius 1 is 1.00 bits per heavy atom. The van der Waals surface area contributed by atoms with E-state index >= 15 is 0 Å². The van der Waals surface area contributed by atoms with Gasteiger partial charge in [-0.25, -0.2) is 8.42 Å². The Balaban J connectivity index is 2.05. The van der Waals surface area contributed by atoms with E-state index in [9.17, 15) is 13.2 Å². The number of hydrogen-bond acceptors (Lipinski definition) is 3. The summed E-state index contributed by atoms with van der Waals surface area (Å²) in [6.45, 7) is 8.37. The van der Waals surface area contributed by atoms with Crippen LogP contribution in [0.15, 0.2) is 59.5 Å². The van der Waals surface area contributed by atoms with E-state index in [0.717, 1.165) is 18.0 Å². The molecule has 0 aromatic heterocycles. The first-order chi connectivity index (χ1) is 13.4. The molecule has 0 aliphatic heterocycles. The first kappa shape index (κ1) is 22.1. The van der Waals surface area contributed by atoms with Gasteiger partial charge in [0, 0.05) is 24.3 Å². The molecule has 0 bridgehead atoms. The minimum atomic E-state index is -3.55. The molecule has 2 aromatic rings. The molecule has 0 heterocycles. The zero-order valence-electron chi connectivity index (χ0n) is 16.8. The van der Waals surface area contributed by atoms with Gasteiger partial charge in [-0.3, -0.25) is 4.79 Å². The van der Waals surface area contributed by atoms with Crippen LogP contribution in [0.1, 0.15) is 26.3 Å². The van der Waals surface area contributed by atoms with Crippen molar-refractivity contribution in [2.75, 3.05) is 31.5 Å². The summed E-state index contributed by atoms with van der Waals surface area (Å²) >= 11 is 0. The number of sulfonamides is 1. The van der Waals surface area contributed by atoms with Crippen LogP contribution in [0.4, 0.5) is 5.69 Å². The van der Waals surface area contributed by atoms with Crippen molar-refractivity contribution in [2.45, 2.75) is 32.2 Å². The molecular weight excluding hydrogens is 374 g/mol. The van der Waals surface area contributed by atoms with Crippen molar-refractivity contribution >= 4 is 21.6 Å². The molecule has 6 nitrogen and oxygen atoms in total. The number of quaternary nitrogens is 1. The molecule has 0 saturated heterocycles. The van der Waals surface area contributed by atoms with Crippen molar-refractivity contribution in [2.24, 2.45) is 0 Å². The third-order valence-corrected chi connectivity index (χ3v) is 6.71. The number of carbonyl (C=O) groups excluding carboxylic acids is 1. The molecule has 1 atom stereocenters. The lowest BCUT2D eigenvalue weighted by Crippen LogP contribution is -3.11. The van der Waals surface area contributed by atoms with E-state index in [1.54, 1.807) is 18.2 Å².